The van der Waals surface area contributed by atoms with Gasteiger partial charge >= 0.3 is 0 Å². The zero-order chi connectivity index (χ0) is 46.9. The fraction of sp³-hybridized carbons (Fsp3) is 0.0435. The number of aryl methyl sites for hydroxylation is 1. The van der Waals surface area contributed by atoms with Crippen LogP contribution in [0.1, 0.15) is 39.8 Å². The third-order valence-corrected chi connectivity index (χ3v) is 15.2. The molecule has 1 unspecified atom stereocenters. The smallest absolute Gasteiger partial charge is 0.140 e. The maximum atomic E-state index is 7.27. The zero-order valence-electron chi connectivity index (χ0n) is 39.1. The van der Waals surface area contributed by atoms with Crippen molar-refractivity contribution in [2.45, 2.75) is 18.3 Å². The van der Waals surface area contributed by atoms with Crippen LogP contribution in [0.4, 0.5) is 17.1 Å². The van der Waals surface area contributed by atoms with Gasteiger partial charge in [-0.05, 0) is 115 Å². The van der Waals surface area contributed by atoms with Gasteiger partial charge in [-0.3, -0.25) is 0 Å². The topological polar surface area (TPSA) is 12.5 Å². The second-order valence-corrected chi connectivity index (χ2v) is 19.0. The summed E-state index contributed by atoms with van der Waals surface area (Å²) in [6.07, 6.45) is 6.65. The van der Waals surface area contributed by atoms with E-state index in [1.807, 2.05) is 0 Å². The van der Waals surface area contributed by atoms with Crippen LogP contribution in [0, 0.1) is 0 Å². The van der Waals surface area contributed by atoms with E-state index in [-0.39, 0.29) is 0 Å². The molecule has 334 valence electrons. The molecule has 0 aromatic heterocycles. The molecule has 0 radical (unpaired) electrons. The maximum Gasteiger partial charge on any atom is 0.140 e. The Kier molecular flexibility index (Phi) is 9.60. The molecule has 2 heteroatoms. The van der Waals surface area contributed by atoms with Gasteiger partial charge in [0.05, 0.1) is 11.1 Å². The summed E-state index contributed by atoms with van der Waals surface area (Å²) in [5, 5.41) is 2.31. The largest absolute Gasteiger partial charge is 0.455 e. The lowest BCUT2D eigenvalue weighted by atomic mass is 9.65. The molecule has 0 bridgehead atoms. The SMILES string of the molecule is C1=Cc2c(ccc3c2Oc2c(ccc4ccccc24)C32c3ccccc3-c3c(-c4ccc(N(c5ccc(-c6ccccc6)cc5)c5cc(-c6ccccc6)ccc5-c5ccccc5)cc4)cccc32)CC1. The monoisotopic (exact) mass is 905 g/mol. The minimum Gasteiger partial charge on any atom is -0.455 e. The molecule has 71 heavy (non-hydrogen) atoms. The molecular weight excluding hydrogens is 859 g/mol. The minimum atomic E-state index is -0.602. The number of benzene rings is 11. The first-order valence-electron chi connectivity index (χ1n) is 24.8. The predicted molar refractivity (Wildman–Crippen MR) is 295 cm³/mol. The molecule has 0 amide bonds. The molecule has 1 spiro atoms. The lowest BCUT2D eigenvalue weighted by Gasteiger charge is -2.41. The fourth-order valence-electron chi connectivity index (χ4n) is 12.0. The lowest BCUT2D eigenvalue weighted by Crippen LogP contribution is -2.32. The first kappa shape index (κ1) is 41.0. The summed E-state index contributed by atoms with van der Waals surface area (Å²) in [5.41, 5.74) is 22.1. The van der Waals surface area contributed by atoms with Gasteiger partial charge in [0.15, 0.2) is 0 Å². The highest BCUT2D eigenvalue weighted by atomic mass is 16.5. The zero-order valence-corrected chi connectivity index (χ0v) is 39.1. The van der Waals surface area contributed by atoms with Crippen molar-refractivity contribution in [2.24, 2.45) is 0 Å². The van der Waals surface area contributed by atoms with E-state index in [2.05, 4.69) is 266 Å². The van der Waals surface area contributed by atoms with E-state index < -0.39 is 5.41 Å². The Morgan fingerprint density at radius 1 is 0.380 bits per heavy atom. The number of allylic oxidation sites excluding steroid dienone is 1. The van der Waals surface area contributed by atoms with Gasteiger partial charge < -0.3 is 9.64 Å². The van der Waals surface area contributed by atoms with Crippen molar-refractivity contribution in [3.05, 3.63) is 288 Å². The van der Waals surface area contributed by atoms with Crippen LogP contribution in [0.3, 0.4) is 0 Å². The maximum absolute atomic E-state index is 7.27. The van der Waals surface area contributed by atoms with Gasteiger partial charge in [-0.15, -0.1) is 0 Å². The van der Waals surface area contributed by atoms with Crippen molar-refractivity contribution in [3.63, 3.8) is 0 Å². The van der Waals surface area contributed by atoms with E-state index in [0.717, 1.165) is 69.0 Å². The third kappa shape index (κ3) is 6.49. The summed E-state index contributed by atoms with van der Waals surface area (Å²) in [4.78, 5) is 2.43. The molecule has 2 aliphatic carbocycles. The molecule has 3 aliphatic rings. The van der Waals surface area contributed by atoms with Crippen LogP contribution in [-0.2, 0) is 11.8 Å². The Morgan fingerprint density at radius 2 is 0.944 bits per heavy atom. The third-order valence-electron chi connectivity index (χ3n) is 15.2. The molecule has 0 fully saturated rings. The van der Waals surface area contributed by atoms with E-state index in [4.69, 9.17) is 4.74 Å². The summed E-state index contributed by atoms with van der Waals surface area (Å²) < 4.78 is 7.27. The molecular formula is C69H47NO. The van der Waals surface area contributed by atoms with Crippen LogP contribution < -0.4 is 9.64 Å². The molecule has 1 atom stereocenters. The standard InChI is InChI=1S/C69H47NO/c1-4-17-46(18-5-1)48-31-38-54(39-32-48)70(65-45-53(47-19-6-2-7-20-47)35-42-56(65)49-21-8-3-9-22-49)55-40-33-52(34-41-55)57-28-16-30-62-66(57)60-27-14-15-29-61(60)69(62)63-43-36-50-23-10-12-25-58(50)67(63)71-68-59-26-13-11-24-51(59)37-44-64(68)69/h1-10,12-23,25-45H,11,24H2. The van der Waals surface area contributed by atoms with E-state index in [1.165, 1.54) is 72.1 Å². The molecule has 14 rings (SSSR count). The summed E-state index contributed by atoms with van der Waals surface area (Å²) >= 11 is 0. The highest BCUT2D eigenvalue weighted by Gasteiger charge is 2.52. The van der Waals surface area contributed by atoms with Crippen LogP contribution in [0.15, 0.2) is 255 Å². The van der Waals surface area contributed by atoms with Gasteiger partial charge in [0, 0.05) is 39.0 Å². The summed E-state index contributed by atoms with van der Waals surface area (Å²) in [7, 11) is 0. The molecule has 1 heterocycles. The van der Waals surface area contributed by atoms with Crippen molar-refractivity contribution in [1.82, 2.24) is 0 Å². The summed E-state index contributed by atoms with van der Waals surface area (Å²) in [6.45, 7) is 0. The number of rotatable bonds is 7. The number of fused-ring (bicyclic) bond motifs is 13. The highest BCUT2D eigenvalue weighted by Crippen LogP contribution is 2.65. The number of ether oxygens (including phenoxy) is 1. The van der Waals surface area contributed by atoms with Crippen LogP contribution >= 0.6 is 0 Å². The first-order chi connectivity index (χ1) is 35.2. The van der Waals surface area contributed by atoms with E-state index in [1.54, 1.807) is 0 Å². The summed E-state index contributed by atoms with van der Waals surface area (Å²) in [6, 6.07) is 91.4. The quantitative estimate of drug-likeness (QED) is 0.158. The first-order valence-corrected chi connectivity index (χ1v) is 24.8. The van der Waals surface area contributed by atoms with Crippen molar-refractivity contribution < 1.29 is 4.74 Å². The normalized spacial score (nSPS) is 14.8. The van der Waals surface area contributed by atoms with Gasteiger partial charge in [0.2, 0.25) is 0 Å². The number of hydrogen-bond donors (Lipinski definition) is 0. The van der Waals surface area contributed by atoms with Gasteiger partial charge in [0.25, 0.3) is 0 Å². The minimum absolute atomic E-state index is 0.602. The van der Waals surface area contributed by atoms with Crippen molar-refractivity contribution >= 4 is 33.9 Å². The summed E-state index contributed by atoms with van der Waals surface area (Å²) in [5.74, 6) is 1.92. The average molecular weight is 906 g/mol. The van der Waals surface area contributed by atoms with Gasteiger partial charge in [-0.1, -0.05) is 231 Å². The van der Waals surface area contributed by atoms with Crippen LogP contribution in [-0.4, -0.2) is 0 Å². The van der Waals surface area contributed by atoms with Gasteiger partial charge in [-0.2, -0.15) is 0 Å². The van der Waals surface area contributed by atoms with Crippen molar-refractivity contribution in [2.75, 3.05) is 4.90 Å². The Labute approximate surface area is 415 Å². The molecule has 2 nitrogen and oxygen atoms in total. The Bertz CT molecular complexity index is 3870. The molecule has 11 aromatic rings. The molecule has 11 aromatic carbocycles. The van der Waals surface area contributed by atoms with Crippen molar-refractivity contribution in [3.8, 4) is 67.1 Å². The van der Waals surface area contributed by atoms with E-state index >= 15 is 0 Å². The second kappa shape index (κ2) is 16.6. The fourth-order valence-corrected chi connectivity index (χ4v) is 12.0. The highest BCUT2D eigenvalue weighted by molar-refractivity contribution is 6.00. The van der Waals surface area contributed by atoms with Crippen LogP contribution in [0.5, 0.6) is 11.5 Å². The Balaban J connectivity index is 0.963. The van der Waals surface area contributed by atoms with Gasteiger partial charge in [0.1, 0.15) is 11.5 Å². The number of anilines is 3. The predicted octanol–water partition coefficient (Wildman–Crippen LogP) is 18.4. The second-order valence-electron chi connectivity index (χ2n) is 19.0. The average Bonchev–Trinajstić information content (AvgIpc) is 3.76. The van der Waals surface area contributed by atoms with Crippen LogP contribution in [0.25, 0.3) is 72.5 Å². The molecule has 0 saturated carbocycles. The van der Waals surface area contributed by atoms with E-state index in [0.29, 0.717) is 0 Å². The molecule has 1 aliphatic heterocycles. The Hall–Kier alpha value is -8.98. The Morgan fingerprint density at radius 3 is 1.70 bits per heavy atom. The van der Waals surface area contributed by atoms with Gasteiger partial charge in [-0.25, -0.2) is 0 Å². The molecule has 0 N–H and O–H groups in total. The number of nitrogens with zero attached hydrogens (tertiary/aromatic N) is 1. The molecule has 0 saturated heterocycles. The lowest BCUT2D eigenvalue weighted by molar-refractivity contribution is 0.439. The van der Waals surface area contributed by atoms with Crippen LogP contribution in [0.2, 0.25) is 0 Å². The number of hydrogen-bond acceptors (Lipinski definition) is 2. The van der Waals surface area contributed by atoms with Crippen molar-refractivity contribution in [1.29, 1.82) is 0 Å². The van der Waals surface area contributed by atoms with E-state index in [9.17, 15) is 0 Å².